The lowest BCUT2D eigenvalue weighted by atomic mass is 10.0. The summed E-state index contributed by atoms with van der Waals surface area (Å²) >= 11 is 0. The summed E-state index contributed by atoms with van der Waals surface area (Å²) in [6, 6.07) is 35.6. The average molecular weight is 1110 g/mol. The Hall–Kier alpha value is -9.12. The lowest BCUT2D eigenvalue weighted by Gasteiger charge is -2.19. The summed E-state index contributed by atoms with van der Waals surface area (Å²) in [6.45, 7) is 18.5. The van der Waals surface area contributed by atoms with Crippen LogP contribution in [-0.2, 0) is 20.0 Å². The van der Waals surface area contributed by atoms with E-state index < -0.39 is 39.7 Å². The lowest BCUT2D eigenvalue weighted by Crippen LogP contribution is -2.29. The molecular formula is C50H45F2N17O4S4. The van der Waals surface area contributed by atoms with E-state index in [2.05, 4.69) is 55.3 Å². The first-order chi connectivity index (χ1) is 36.1. The summed E-state index contributed by atoms with van der Waals surface area (Å²) in [5.74, 6) is 0.431. The van der Waals surface area contributed by atoms with Crippen LogP contribution in [0.1, 0.15) is 37.1 Å². The van der Waals surface area contributed by atoms with Crippen molar-refractivity contribution in [2.75, 3.05) is 22.1 Å². The summed E-state index contributed by atoms with van der Waals surface area (Å²) in [7, 11) is -9.53. The van der Waals surface area contributed by atoms with E-state index in [1.165, 1.54) is 49.1 Å². The first kappa shape index (κ1) is 57.2. The highest BCUT2D eigenvalue weighted by Gasteiger charge is 2.37. The number of aromatic nitrogens is 10. The lowest BCUT2D eigenvalue weighted by molar-refractivity contribution is 0.250. The van der Waals surface area contributed by atoms with Gasteiger partial charge in [0.05, 0.1) is 56.5 Å². The fourth-order valence-electron chi connectivity index (χ4n) is 7.33. The minimum absolute atomic E-state index is 0. The van der Waals surface area contributed by atoms with E-state index in [4.69, 9.17) is 29.7 Å². The quantitative estimate of drug-likeness (QED) is 0.0655. The monoisotopic (exact) mass is 1110 g/mol. The van der Waals surface area contributed by atoms with Crippen LogP contribution in [0.2, 0.25) is 0 Å². The number of fused-ring (bicyclic) bond motifs is 2. The van der Waals surface area contributed by atoms with Gasteiger partial charge in [-0.15, -0.1) is 4.48 Å². The molecule has 0 saturated heterocycles. The topological polar surface area (TPSA) is 268 Å². The van der Waals surface area contributed by atoms with Gasteiger partial charge < -0.3 is 22.1 Å². The first-order valence-corrected chi connectivity index (χ1v) is 25.0. The molecule has 0 unspecified atom stereocenters. The zero-order valence-electron chi connectivity index (χ0n) is 40.4. The molecule has 0 fully saturated rings. The van der Waals surface area contributed by atoms with Crippen LogP contribution in [0.25, 0.3) is 43.5 Å². The Morgan fingerprint density at radius 1 is 0.597 bits per heavy atom. The Labute approximate surface area is 454 Å². The molecule has 6 heterocycles. The molecule has 10 aromatic rings. The predicted molar refractivity (Wildman–Crippen MR) is 297 cm³/mol. The molecule has 10 rings (SSSR count). The molecule has 6 N–H and O–H groups in total. The number of nitrogens with zero attached hydrogens (tertiary/aromatic N) is 13. The Morgan fingerprint density at radius 3 is 1.45 bits per heavy atom. The number of anilines is 4. The van der Waals surface area contributed by atoms with Crippen LogP contribution in [0.5, 0.6) is 0 Å². The molecule has 21 nitrogen and oxygen atoms in total. The molecule has 0 aliphatic carbocycles. The largest absolute Gasteiger partial charge is 0.392 e. The Bertz CT molecular complexity index is 3900. The third-order valence-electron chi connectivity index (χ3n) is 11.0. The number of nitrogens with one attached hydrogen (secondary N) is 2. The Balaban J connectivity index is 0.000000188. The zero-order valence-corrected chi connectivity index (χ0v) is 44.1. The zero-order chi connectivity index (χ0) is 53.3. The standard InChI is InChI=1S/C19H15FN8.C19H16N8.C12H10FNO4S2.2H2S/c1-11(26-19-17(22-2)18(21)24-10-25-19)13-8-15-23-9-14(20)28(15)27-16(13)12-6-4-3-5-7-12;1-12(25-19-17(21-2)18(20)23-11-24-19)14-10-15-22-8-9-27(15)26-16(14)13-6-4-3-5-7-13;13-14(19(15,16)11-7-3-1-4-8-11)20(17,18)12-9-5-2-6-10-12;;/h3-11H,1H3,(H3,21,24,25,26);3-12H,1H3,(H3,20,23,24,25);1-10H;2*1H2/t11-;12-;;;/m00.../s1. The van der Waals surface area contributed by atoms with Gasteiger partial charge in [-0.3, -0.25) is 0 Å². The number of halogens is 2. The number of sulfonamides is 2. The number of imidazole rings is 2. The van der Waals surface area contributed by atoms with Crippen LogP contribution in [0.3, 0.4) is 0 Å². The summed E-state index contributed by atoms with van der Waals surface area (Å²) in [5.41, 5.74) is 18.0. The van der Waals surface area contributed by atoms with Crippen molar-refractivity contribution >= 4 is 93.0 Å². The van der Waals surface area contributed by atoms with Gasteiger partial charge in [-0.2, -0.15) is 46.1 Å². The van der Waals surface area contributed by atoms with E-state index in [-0.39, 0.29) is 62.1 Å². The van der Waals surface area contributed by atoms with Crippen LogP contribution in [0.4, 0.5) is 43.5 Å². The molecule has 392 valence electrons. The fraction of sp³-hybridized carbons (Fsp3) is 0.0800. The second kappa shape index (κ2) is 24.9. The predicted octanol–water partition coefficient (Wildman–Crippen LogP) is 9.30. The van der Waals surface area contributed by atoms with E-state index in [9.17, 15) is 25.7 Å². The van der Waals surface area contributed by atoms with Crippen molar-refractivity contribution in [1.29, 1.82) is 0 Å². The summed E-state index contributed by atoms with van der Waals surface area (Å²) in [6.07, 6.45) is 7.28. The number of rotatable bonds is 12. The number of nitrogen functional groups attached to an aromatic ring is 2. The van der Waals surface area contributed by atoms with Crippen molar-refractivity contribution in [3.05, 3.63) is 205 Å². The highest BCUT2D eigenvalue weighted by atomic mass is 32.3. The second-order valence-corrected chi connectivity index (χ2v) is 19.6. The van der Waals surface area contributed by atoms with Gasteiger partial charge in [0, 0.05) is 34.6 Å². The highest BCUT2D eigenvalue weighted by Crippen LogP contribution is 2.35. The Kier molecular flexibility index (Phi) is 18.5. The molecule has 4 aromatic carbocycles. The molecule has 0 spiro atoms. The first-order valence-electron chi connectivity index (χ1n) is 22.2. The molecule has 0 saturated carbocycles. The maximum atomic E-state index is 14.0. The molecule has 0 aliphatic rings. The molecule has 0 amide bonds. The average Bonchev–Trinajstić information content (AvgIpc) is 4.08. The van der Waals surface area contributed by atoms with E-state index in [1.54, 1.807) is 16.8 Å². The van der Waals surface area contributed by atoms with Crippen molar-refractivity contribution in [1.82, 2.24) is 53.1 Å². The van der Waals surface area contributed by atoms with E-state index in [0.29, 0.717) is 23.0 Å². The second-order valence-electron chi connectivity index (χ2n) is 15.9. The third-order valence-corrected chi connectivity index (χ3v) is 14.7. The van der Waals surface area contributed by atoms with Gasteiger partial charge in [0.25, 0.3) is 31.4 Å². The summed E-state index contributed by atoms with van der Waals surface area (Å²) in [5, 5.41) is 15.6. The van der Waals surface area contributed by atoms with Crippen molar-refractivity contribution in [3.63, 3.8) is 0 Å². The molecule has 0 bridgehead atoms. The molecular weight excluding hydrogens is 1070 g/mol. The molecule has 6 aromatic heterocycles. The minimum atomic E-state index is -4.77. The molecule has 2 atom stereocenters. The number of nitrogens with two attached hydrogens (primary N) is 2. The number of benzene rings is 4. The van der Waals surface area contributed by atoms with E-state index in [1.807, 2.05) is 86.8 Å². The maximum absolute atomic E-state index is 14.0. The van der Waals surface area contributed by atoms with Crippen molar-refractivity contribution in [2.45, 2.75) is 35.7 Å². The SMILES string of the molecule is O=S(=O)(c1ccccc1)N(F)S(=O)(=O)c1ccccc1.S.S.[C-]#[N+]c1c(N)ncnc1N[C@@H](C)c1cc2ncc(F)n2nc1-c1ccccc1.[C-]#[N+]c1c(N)ncnc1N[C@@H](C)c1cc2nccn2nc1-c1ccccc1. The molecule has 0 aliphatic heterocycles. The van der Waals surface area contributed by atoms with E-state index >= 15 is 0 Å². The van der Waals surface area contributed by atoms with Gasteiger partial charge in [0.1, 0.15) is 35.9 Å². The summed E-state index contributed by atoms with van der Waals surface area (Å²) in [4.78, 5) is 30.4. The van der Waals surface area contributed by atoms with E-state index in [0.717, 1.165) is 68.6 Å². The Morgan fingerprint density at radius 2 is 1.01 bits per heavy atom. The van der Waals surface area contributed by atoms with Gasteiger partial charge in [-0.25, -0.2) is 60.9 Å². The van der Waals surface area contributed by atoms with Gasteiger partial charge in [0.2, 0.25) is 5.95 Å². The van der Waals surface area contributed by atoms with Crippen LogP contribution in [-0.4, -0.2) is 69.9 Å². The van der Waals surface area contributed by atoms with Gasteiger partial charge in [-0.1, -0.05) is 97.1 Å². The fourth-order valence-corrected chi connectivity index (χ4v) is 10.2. The number of hydrogen-bond acceptors (Lipinski definition) is 16. The van der Waals surface area contributed by atoms with Crippen molar-refractivity contribution < 1.29 is 25.7 Å². The van der Waals surface area contributed by atoms with Gasteiger partial charge >= 0.3 is 0 Å². The molecule has 0 radical (unpaired) electrons. The highest BCUT2D eigenvalue weighted by molar-refractivity contribution is 8.03. The van der Waals surface area contributed by atoms with Crippen LogP contribution in [0, 0.1) is 19.1 Å². The number of hydrogen-bond donors (Lipinski definition) is 4. The maximum Gasteiger partial charge on any atom is 0.283 e. The minimum Gasteiger partial charge on any atom is -0.392 e. The van der Waals surface area contributed by atoms with Crippen LogP contribution in [0.15, 0.2) is 174 Å². The summed E-state index contributed by atoms with van der Waals surface area (Å²) < 4.78 is 77.5. The third kappa shape index (κ3) is 12.5. The smallest absolute Gasteiger partial charge is 0.283 e. The normalized spacial score (nSPS) is 11.7. The van der Waals surface area contributed by atoms with Gasteiger partial charge in [0.15, 0.2) is 11.3 Å². The molecule has 27 heteroatoms. The van der Waals surface area contributed by atoms with Crippen LogP contribution >= 0.6 is 27.0 Å². The van der Waals surface area contributed by atoms with Crippen molar-refractivity contribution in [3.8, 4) is 22.5 Å². The van der Waals surface area contributed by atoms with Gasteiger partial charge in [-0.05, 0) is 50.2 Å². The van der Waals surface area contributed by atoms with Crippen LogP contribution < -0.4 is 22.1 Å². The van der Waals surface area contributed by atoms with Crippen molar-refractivity contribution in [2.24, 2.45) is 0 Å². The molecule has 77 heavy (non-hydrogen) atoms.